The Morgan fingerprint density at radius 3 is 2.53 bits per heavy atom. The van der Waals surface area contributed by atoms with Gasteiger partial charge in [0.05, 0.1) is 23.5 Å². The van der Waals surface area contributed by atoms with Gasteiger partial charge in [0.1, 0.15) is 28.9 Å². The van der Waals surface area contributed by atoms with Gasteiger partial charge in [-0.1, -0.05) is 6.07 Å². The Balaban J connectivity index is 1.71. The number of H-pyrrole nitrogens is 1. The molecule has 2 aromatic carbocycles. The van der Waals surface area contributed by atoms with Crippen LogP contribution in [0, 0.1) is 11.6 Å². The summed E-state index contributed by atoms with van der Waals surface area (Å²) in [7, 11) is 0. The number of halogens is 5. The maximum atomic E-state index is 14.2. The lowest BCUT2D eigenvalue weighted by molar-refractivity contribution is -0.189. The van der Waals surface area contributed by atoms with Gasteiger partial charge in [-0.05, 0) is 35.9 Å². The number of ketones is 1. The lowest BCUT2D eigenvalue weighted by Crippen LogP contribution is -2.28. The third-order valence-electron chi connectivity index (χ3n) is 4.90. The number of ether oxygens (including phenoxy) is 1. The summed E-state index contributed by atoms with van der Waals surface area (Å²) >= 11 is 0. The van der Waals surface area contributed by atoms with Crippen molar-refractivity contribution in [2.24, 2.45) is 0 Å². The van der Waals surface area contributed by atoms with Gasteiger partial charge in [0.25, 0.3) is 0 Å². The maximum absolute atomic E-state index is 14.2. The molecule has 4 rings (SSSR count). The molecule has 0 bridgehead atoms. The Bertz CT molecular complexity index is 1430. The number of nitrogens with two attached hydrogens (primary N) is 1. The smallest absolute Gasteiger partial charge is 0.419 e. The number of hydrogen-bond acceptors (Lipinski definition) is 7. The molecule has 4 N–H and O–H groups in total. The molecule has 9 nitrogen and oxygen atoms in total. The number of benzene rings is 2. The molecular weight excluding hydrogens is 491 g/mol. The third kappa shape index (κ3) is 5.01. The highest BCUT2D eigenvalue weighted by molar-refractivity contribution is 6.13. The number of aromatic amines is 1. The van der Waals surface area contributed by atoms with E-state index in [-0.39, 0.29) is 23.6 Å². The number of hydrogen-bond donors (Lipinski definition) is 3. The molecule has 0 fully saturated rings. The molecule has 14 heteroatoms. The molecule has 0 radical (unpaired) electrons. The minimum absolute atomic E-state index is 0.117. The number of nitrogen functional groups attached to an aromatic ring is 1. The lowest BCUT2D eigenvalue weighted by atomic mass is 10.0. The molecule has 0 aliphatic heterocycles. The Morgan fingerprint density at radius 1 is 1.08 bits per heavy atom. The Morgan fingerprint density at radius 2 is 1.86 bits per heavy atom. The fourth-order valence-corrected chi connectivity index (χ4v) is 3.19. The molecule has 186 valence electrons. The second-order valence-corrected chi connectivity index (χ2v) is 7.32. The molecule has 0 atom stereocenters. The van der Waals surface area contributed by atoms with Crippen LogP contribution in [0.2, 0.25) is 0 Å². The molecule has 2 heterocycles. The van der Waals surface area contributed by atoms with Crippen molar-refractivity contribution in [2.45, 2.75) is 12.7 Å². The van der Waals surface area contributed by atoms with E-state index < -0.39 is 40.9 Å². The summed E-state index contributed by atoms with van der Waals surface area (Å²) in [4.78, 5) is 24.7. The van der Waals surface area contributed by atoms with E-state index in [4.69, 9.17) is 5.73 Å². The standard InChI is InChI=1S/C22H15F5N6O3/c23-12-2-3-16(15(24)8-12)33-20(28)14(10-31-33)19(34)13-7-11(9-29-18-5-6-30-32-18)1-4-17(13)36-21(35)22(25,26)27/h1-8,10H,9,28H2,(H2,29,30,32). The van der Waals surface area contributed by atoms with Crippen LogP contribution in [0.25, 0.3) is 5.69 Å². The zero-order valence-electron chi connectivity index (χ0n) is 17.9. The first-order valence-electron chi connectivity index (χ1n) is 10.0. The molecular formula is C22H15F5N6O3. The summed E-state index contributed by atoms with van der Waals surface area (Å²) in [5.74, 6) is -5.87. The van der Waals surface area contributed by atoms with Gasteiger partial charge in [-0.25, -0.2) is 18.3 Å². The molecule has 0 unspecified atom stereocenters. The number of carbonyl (C=O) groups excluding carboxylic acids is 2. The minimum atomic E-state index is -5.31. The van der Waals surface area contributed by atoms with Crippen LogP contribution in [0.15, 0.2) is 54.9 Å². The van der Waals surface area contributed by atoms with Gasteiger partial charge in [-0.3, -0.25) is 9.89 Å². The molecule has 4 aromatic rings. The normalized spacial score (nSPS) is 11.4. The van der Waals surface area contributed by atoms with Crippen LogP contribution in [0.4, 0.5) is 33.6 Å². The molecule has 0 amide bonds. The number of nitrogens with zero attached hydrogens (tertiary/aromatic N) is 3. The molecule has 0 aliphatic carbocycles. The van der Waals surface area contributed by atoms with Crippen LogP contribution in [0.1, 0.15) is 21.5 Å². The number of rotatable bonds is 7. The van der Waals surface area contributed by atoms with Crippen LogP contribution in [0.3, 0.4) is 0 Å². The minimum Gasteiger partial charge on any atom is -0.419 e. The van der Waals surface area contributed by atoms with E-state index in [0.29, 0.717) is 17.4 Å². The highest BCUT2D eigenvalue weighted by Gasteiger charge is 2.42. The predicted molar refractivity (Wildman–Crippen MR) is 115 cm³/mol. The maximum Gasteiger partial charge on any atom is 0.491 e. The molecule has 0 aliphatic rings. The van der Waals surface area contributed by atoms with Gasteiger partial charge in [0.15, 0.2) is 5.82 Å². The predicted octanol–water partition coefficient (Wildman–Crippen LogP) is 3.77. The van der Waals surface area contributed by atoms with Gasteiger partial charge in [-0.2, -0.15) is 23.4 Å². The van der Waals surface area contributed by atoms with Crippen LogP contribution in [-0.2, 0) is 11.3 Å². The van der Waals surface area contributed by atoms with Crippen molar-refractivity contribution in [2.75, 3.05) is 11.1 Å². The topological polar surface area (TPSA) is 128 Å². The van der Waals surface area contributed by atoms with Crippen molar-refractivity contribution in [3.63, 3.8) is 0 Å². The Hall–Kier alpha value is -4.75. The van der Waals surface area contributed by atoms with Crippen molar-refractivity contribution in [1.29, 1.82) is 0 Å². The largest absolute Gasteiger partial charge is 0.491 e. The van der Waals surface area contributed by atoms with Crippen molar-refractivity contribution in [3.05, 3.63) is 83.2 Å². The fourth-order valence-electron chi connectivity index (χ4n) is 3.19. The molecule has 2 aromatic heterocycles. The number of carbonyl (C=O) groups is 2. The second-order valence-electron chi connectivity index (χ2n) is 7.32. The molecule has 0 saturated carbocycles. The van der Waals surface area contributed by atoms with Crippen molar-refractivity contribution in [3.8, 4) is 11.4 Å². The van der Waals surface area contributed by atoms with Crippen LogP contribution < -0.4 is 15.8 Å². The highest BCUT2D eigenvalue weighted by Crippen LogP contribution is 2.29. The van der Waals surface area contributed by atoms with Crippen molar-refractivity contribution in [1.82, 2.24) is 20.0 Å². The number of aromatic nitrogens is 4. The first-order chi connectivity index (χ1) is 17.0. The molecule has 0 spiro atoms. The Labute approximate surface area is 198 Å². The summed E-state index contributed by atoms with van der Waals surface area (Å²) in [6, 6.07) is 7.78. The van der Waals surface area contributed by atoms with Crippen LogP contribution in [-0.4, -0.2) is 37.9 Å². The average Bonchev–Trinajstić information content (AvgIpc) is 3.47. The number of anilines is 2. The van der Waals surface area contributed by atoms with Gasteiger partial charge in [0, 0.05) is 12.6 Å². The highest BCUT2D eigenvalue weighted by atomic mass is 19.4. The third-order valence-corrected chi connectivity index (χ3v) is 4.90. The molecule has 36 heavy (non-hydrogen) atoms. The van der Waals surface area contributed by atoms with E-state index >= 15 is 0 Å². The van der Waals surface area contributed by atoms with E-state index in [1.54, 1.807) is 6.07 Å². The number of nitrogens with one attached hydrogen (secondary N) is 2. The van der Waals surface area contributed by atoms with E-state index in [1.165, 1.54) is 18.3 Å². The van der Waals surface area contributed by atoms with Crippen LogP contribution in [0.5, 0.6) is 5.75 Å². The first-order valence-corrected chi connectivity index (χ1v) is 10.0. The van der Waals surface area contributed by atoms with Gasteiger partial charge in [-0.15, -0.1) is 0 Å². The van der Waals surface area contributed by atoms with Gasteiger partial charge in [0.2, 0.25) is 5.78 Å². The lowest BCUT2D eigenvalue weighted by Gasteiger charge is -2.13. The second kappa shape index (κ2) is 9.48. The van der Waals surface area contributed by atoms with Gasteiger partial charge >= 0.3 is 12.1 Å². The monoisotopic (exact) mass is 506 g/mol. The Kier molecular flexibility index (Phi) is 6.42. The number of esters is 1. The summed E-state index contributed by atoms with van der Waals surface area (Å²) in [5, 5.41) is 13.2. The summed E-state index contributed by atoms with van der Waals surface area (Å²) in [5.41, 5.74) is 5.38. The van der Waals surface area contributed by atoms with E-state index in [9.17, 15) is 31.5 Å². The molecule has 0 saturated heterocycles. The summed E-state index contributed by atoms with van der Waals surface area (Å²) in [6.45, 7) is 0.117. The van der Waals surface area contributed by atoms with Crippen molar-refractivity contribution >= 4 is 23.4 Å². The van der Waals surface area contributed by atoms with E-state index in [1.807, 2.05) is 0 Å². The first kappa shape index (κ1) is 24.4. The van der Waals surface area contributed by atoms with E-state index in [2.05, 4.69) is 25.3 Å². The fraction of sp³-hybridized carbons (Fsp3) is 0.0909. The summed E-state index contributed by atoms with van der Waals surface area (Å²) in [6.07, 6.45) is -2.86. The zero-order chi connectivity index (χ0) is 26.0. The average molecular weight is 506 g/mol. The van der Waals surface area contributed by atoms with E-state index in [0.717, 1.165) is 29.1 Å². The SMILES string of the molecule is Nc1c(C(=O)c2cc(CNc3ccn[nH]3)ccc2OC(=O)C(F)(F)F)cnn1-c1ccc(F)cc1F. The van der Waals surface area contributed by atoms with Crippen molar-refractivity contribution < 1.29 is 36.3 Å². The number of alkyl halides is 3. The van der Waals surface area contributed by atoms with Crippen LogP contribution >= 0.6 is 0 Å². The van der Waals surface area contributed by atoms with Gasteiger partial charge < -0.3 is 15.8 Å². The zero-order valence-corrected chi connectivity index (χ0v) is 17.9. The summed E-state index contributed by atoms with van der Waals surface area (Å²) < 4.78 is 71.1. The quantitative estimate of drug-likeness (QED) is 0.151.